The molecule has 0 heterocycles. The Kier molecular flexibility index (Phi) is 9.31. The Labute approximate surface area is 167 Å². The Morgan fingerprint density at radius 2 is 1.82 bits per heavy atom. The average molecular weight is 386 g/mol. The number of benzene rings is 2. The number of amides is 1. The van der Waals surface area contributed by atoms with E-state index in [2.05, 4.69) is 10.6 Å². The van der Waals surface area contributed by atoms with Crippen LogP contribution in [0, 0.1) is 6.92 Å². The highest BCUT2D eigenvalue weighted by Gasteiger charge is 2.10. The van der Waals surface area contributed by atoms with Gasteiger partial charge in [-0.25, -0.2) is 0 Å². The van der Waals surface area contributed by atoms with Crippen LogP contribution >= 0.6 is 0 Å². The molecular weight excluding hydrogens is 356 g/mol. The van der Waals surface area contributed by atoms with Crippen molar-refractivity contribution in [3.05, 3.63) is 53.6 Å². The van der Waals surface area contributed by atoms with Crippen LogP contribution in [0.15, 0.2) is 42.5 Å². The predicted molar refractivity (Wildman–Crippen MR) is 111 cm³/mol. The first kappa shape index (κ1) is 21.7. The number of rotatable bonds is 12. The smallest absolute Gasteiger partial charge is 0.262 e. The lowest BCUT2D eigenvalue weighted by molar-refractivity contribution is -0.118. The van der Waals surface area contributed by atoms with Gasteiger partial charge in [0, 0.05) is 25.9 Å². The van der Waals surface area contributed by atoms with Gasteiger partial charge in [0.05, 0.1) is 6.61 Å². The van der Waals surface area contributed by atoms with E-state index in [1.807, 2.05) is 56.3 Å². The largest absolute Gasteiger partial charge is 0.490 e. The number of hydrogen-bond donors (Lipinski definition) is 2. The second-order valence-corrected chi connectivity index (χ2v) is 6.44. The maximum atomic E-state index is 12.1. The first-order chi connectivity index (χ1) is 13.6. The molecule has 6 nitrogen and oxygen atoms in total. The Bertz CT molecular complexity index is 732. The van der Waals surface area contributed by atoms with Crippen molar-refractivity contribution < 1.29 is 19.0 Å². The molecule has 2 N–H and O–H groups in total. The third-order valence-corrected chi connectivity index (χ3v) is 4.03. The second kappa shape index (κ2) is 12.0. The third kappa shape index (κ3) is 7.58. The van der Waals surface area contributed by atoms with Gasteiger partial charge < -0.3 is 24.8 Å². The van der Waals surface area contributed by atoms with Gasteiger partial charge in [-0.1, -0.05) is 23.8 Å². The van der Waals surface area contributed by atoms with Crippen molar-refractivity contribution in [2.75, 3.05) is 38.8 Å². The van der Waals surface area contributed by atoms with E-state index < -0.39 is 0 Å². The molecule has 2 rings (SSSR count). The fourth-order valence-electron chi connectivity index (χ4n) is 2.60. The Balaban J connectivity index is 1.88. The molecule has 2 aromatic carbocycles. The van der Waals surface area contributed by atoms with Crippen LogP contribution in [-0.4, -0.2) is 39.4 Å². The number of hydrogen-bond acceptors (Lipinski definition) is 5. The molecule has 0 aliphatic carbocycles. The molecule has 152 valence electrons. The van der Waals surface area contributed by atoms with Gasteiger partial charge in [0.15, 0.2) is 18.1 Å². The molecule has 2 aromatic rings. The summed E-state index contributed by atoms with van der Waals surface area (Å²) in [4.78, 5) is 12.1. The molecule has 0 saturated carbocycles. The van der Waals surface area contributed by atoms with E-state index in [0.717, 1.165) is 42.9 Å². The van der Waals surface area contributed by atoms with Crippen LogP contribution in [0.4, 0.5) is 5.69 Å². The summed E-state index contributed by atoms with van der Waals surface area (Å²) >= 11 is 0. The van der Waals surface area contributed by atoms with Crippen molar-refractivity contribution in [1.29, 1.82) is 0 Å². The second-order valence-electron chi connectivity index (χ2n) is 6.44. The van der Waals surface area contributed by atoms with E-state index in [4.69, 9.17) is 14.2 Å². The molecule has 0 saturated heterocycles. The normalized spacial score (nSPS) is 10.5. The van der Waals surface area contributed by atoms with Crippen LogP contribution < -0.4 is 20.1 Å². The zero-order valence-electron chi connectivity index (χ0n) is 16.9. The van der Waals surface area contributed by atoms with Gasteiger partial charge in [0.1, 0.15) is 0 Å². The number of methoxy groups -OCH3 is 1. The summed E-state index contributed by atoms with van der Waals surface area (Å²) in [5.41, 5.74) is 2.99. The lowest BCUT2D eigenvalue weighted by atomic mass is 10.2. The molecular formula is C22H30N2O4. The van der Waals surface area contributed by atoms with Crippen LogP contribution in [0.2, 0.25) is 0 Å². The molecule has 0 radical (unpaired) electrons. The summed E-state index contributed by atoms with van der Waals surface area (Å²) < 4.78 is 16.4. The number of anilines is 1. The molecule has 0 unspecified atom stereocenters. The summed E-state index contributed by atoms with van der Waals surface area (Å²) in [5.74, 6) is 0.987. The van der Waals surface area contributed by atoms with Gasteiger partial charge in [-0.05, 0) is 56.6 Å². The van der Waals surface area contributed by atoms with Crippen molar-refractivity contribution in [1.82, 2.24) is 5.32 Å². The topological polar surface area (TPSA) is 68.8 Å². The minimum atomic E-state index is -0.213. The van der Waals surface area contributed by atoms with Crippen molar-refractivity contribution in [3.8, 4) is 11.5 Å². The zero-order valence-corrected chi connectivity index (χ0v) is 16.9. The standard InChI is InChI=1S/C22H30N2O4/c1-4-27-21-14-18(15-23-12-5-13-26-3)8-11-20(21)28-16-22(25)24-19-9-6-17(2)7-10-19/h6-11,14,23H,4-5,12-13,15-16H2,1-3H3,(H,24,25). The maximum Gasteiger partial charge on any atom is 0.262 e. The van der Waals surface area contributed by atoms with Gasteiger partial charge in [-0.3, -0.25) is 4.79 Å². The van der Waals surface area contributed by atoms with Gasteiger partial charge >= 0.3 is 0 Å². The molecule has 1 amide bonds. The SMILES string of the molecule is CCOc1cc(CNCCCOC)ccc1OCC(=O)Nc1ccc(C)cc1. The maximum absolute atomic E-state index is 12.1. The molecule has 0 aliphatic heterocycles. The van der Waals surface area contributed by atoms with Crippen LogP contribution in [-0.2, 0) is 16.1 Å². The van der Waals surface area contributed by atoms with Crippen molar-refractivity contribution in [2.45, 2.75) is 26.8 Å². The number of ether oxygens (including phenoxy) is 3. The monoisotopic (exact) mass is 386 g/mol. The van der Waals surface area contributed by atoms with Gasteiger partial charge in [-0.2, -0.15) is 0 Å². The van der Waals surface area contributed by atoms with E-state index in [1.165, 1.54) is 0 Å². The van der Waals surface area contributed by atoms with E-state index in [9.17, 15) is 4.79 Å². The Morgan fingerprint density at radius 3 is 2.54 bits per heavy atom. The van der Waals surface area contributed by atoms with Crippen LogP contribution in [0.3, 0.4) is 0 Å². The summed E-state index contributed by atoms with van der Waals surface area (Å²) in [6.07, 6.45) is 0.964. The molecule has 28 heavy (non-hydrogen) atoms. The predicted octanol–water partition coefficient (Wildman–Crippen LogP) is 3.54. The quantitative estimate of drug-likeness (QED) is 0.546. The fourth-order valence-corrected chi connectivity index (χ4v) is 2.60. The minimum absolute atomic E-state index is 0.0808. The van der Waals surface area contributed by atoms with E-state index in [0.29, 0.717) is 18.1 Å². The Hall–Kier alpha value is -2.57. The number of carbonyl (C=O) groups is 1. The van der Waals surface area contributed by atoms with E-state index >= 15 is 0 Å². The first-order valence-electron chi connectivity index (χ1n) is 9.57. The molecule has 0 fully saturated rings. The number of carbonyl (C=O) groups excluding carboxylic acids is 1. The van der Waals surface area contributed by atoms with Crippen LogP contribution in [0.1, 0.15) is 24.5 Å². The highest BCUT2D eigenvalue weighted by molar-refractivity contribution is 5.91. The van der Waals surface area contributed by atoms with Crippen molar-refractivity contribution in [3.63, 3.8) is 0 Å². The summed E-state index contributed by atoms with van der Waals surface area (Å²) in [5, 5.41) is 6.19. The van der Waals surface area contributed by atoms with Crippen molar-refractivity contribution in [2.24, 2.45) is 0 Å². The molecule has 6 heteroatoms. The van der Waals surface area contributed by atoms with Gasteiger partial charge in [0.25, 0.3) is 5.91 Å². The molecule has 0 aromatic heterocycles. The molecule has 0 spiro atoms. The minimum Gasteiger partial charge on any atom is -0.490 e. The highest BCUT2D eigenvalue weighted by atomic mass is 16.5. The molecule has 0 atom stereocenters. The third-order valence-electron chi connectivity index (χ3n) is 4.03. The van der Waals surface area contributed by atoms with Crippen molar-refractivity contribution >= 4 is 11.6 Å². The number of nitrogens with one attached hydrogen (secondary N) is 2. The average Bonchev–Trinajstić information content (AvgIpc) is 2.69. The van der Waals surface area contributed by atoms with Gasteiger partial charge in [0.2, 0.25) is 0 Å². The Morgan fingerprint density at radius 1 is 1.04 bits per heavy atom. The fraction of sp³-hybridized carbons (Fsp3) is 0.409. The van der Waals surface area contributed by atoms with Crippen LogP contribution in [0.5, 0.6) is 11.5 Å². The summed E-state index contributed by atoms with van der Waals surface area (Å²) in [7, 11) is 1.70. The van der Waals surface area contributed by atoms with E-state index in [-0.39, 0.29) is 12.5 Å². The lowest BCUT2D eigenvalue weighted by Crippen LogP contribution is -2.20. The lowest BCUT2D eigenvalue weighted by Gasteiger charge is -2.14. The van der Waals surface area contributed by atoms with Gasteiger partial charge in [-0.15, -0.1) is 0 Å². The molecule has 0 bridgehead atoms. The first-order valence-corrected chi connectivity index (χ1v) is 9.57. The van der Waals surface area contributed by atoms with E-state index in [1.54, 1.807) is 7.11 Å². The van der Waals surface area contributed by atoms with Crippen LogP contribution in [0.25, 0.3) is 0 Å². The summed E-state index contributed by atoms with van der Waals surface area (Å²) in [6, 6.07) is 13.4. The summed E-state index contributed by atoms with van der Waals surface area (Å²) in [6.45, 7) is 6.73. The zero-order chi connectivity index (χ0) is 20.2. The highest BCUT2D eigenvalue weighted by Crippen LogP contribution is 2.28. The molecule has 0 aliphatic rings. The number of aryl methyl sites for hydroxylation is 1.